The minimum Gasteiger partial charge on any atom is -0.192 e. The monoisotopic (exact) mass is 439 g/mol. The normalized spacial score (nSPS) is 11.1. The molecule has 0 heterocycles. The van der Waals surface area contributed by atoms with Crippen LogP contribution in [0, 0.1) is 11.3 Å². The second-order valence-electron chi connectivity index (χ2n) is 9.57. The SMILES string of the molecule is CCCCCCCCc1ccc2cc(-c3ccc(CCCCCCC)cc3C#N)ccc2c1. The molecule has 33 heavy (non-hydrogen) atoms. The minimum absolute atomic E-state index is 0.792. The largest absolute Gasteiger partial charge is 0.192 e. The summed E-state index contributed by atoms with van der Waals surface area (Å²) in [6, 6.07) is 22.4. The number of unbranched alkanes of at least 4 members (excludes halogenated alkanes) is 9. The van der Waals surface area contributed by atoms with Crippen LogP contribution in [0.5, 0.6) is 0 Å². The van der Waals surface area contributed by atoms with Gasteiger partial charge >= 0.3 is 0 Å². The van der Waals surface area contributed by atoms with Crippen LogP contribution in [0.2, 0.25) is 0 Å². The molecule has 0 radical (unpaired) electrons. The molecule has 0 aromatic heterocycles. The molecule has 0 fully saturated rings. The number of benzene rings is 3. The molecule has 3 aromatic carbocycles. The van der Waals surface area contributed by atoms with Crippen LogP contribution in [0.4, 0.5) is 0 Å². The predicted molar refractivity (Wildman–Crippen MR) is 144 cm³/mol. The zero-order chi connectivity index (χ0) is 23.3. The standard InChI is InChI=1S/C32H41N/c1-3-5-7-9-11-13-14-26-16-18-29-24-30(20-19-28(29)22-26)32-21-17-27(23-31(32)25-33)15-12-10-8-6-4-2/h16-24H,3-15H2,1-2H3. The van der Waals surface area contributed by atoms with Crippen molar-refractivity contribution in [2.24, 2.45) is 0 Å². The maximum Gasteiger partial charge on any atom is 0.0998 e. The van der Waals surface area contributed by atoms with Gasteiger partial charge in [-0.05, 0) is 70.8 Å². The Morgan fingerprint density at radius 1 is 0.576 bits per heavy atom. The summed E-state index contributed by atoms with van der Waals surface area (Å²) in [7, 11) is 0. The molecule has 0 saturated heterocycles. The van der Waals surface area contributed by atoms with Crippen molar-refractivity contribution in [2.45, 2.75) is 97.3 Å². The van der Waals surface area contributed by atoms with E-state index >= 15 is 0 Å². The van der Waals surface area contributed by atoms with Gasteiger partial charge in [0.25, 0.3) is 0 Å². The van der Waals surface area contributed by atoms with Gasteiger partial charge in [-0.3, -0.25) is 0 Å². The van der Waals surface area contributed by atoms with E-state index in [-0.39, 0.29) is 0 Å². The second-order valence-corrected chi connectivity index (χ2v) is 9.57. The first-order valence-electron chi connectivity index (χ1n) is 13.3. The van der Waals surface area contributed by atoms with Crippen LogP contribution in [-0.4, -0.2) is 0 Å². The molecule has 0 aliphatic carbocycles. The van der Waals surface area contributed by atoms with Gasteiger partial charge in [0, 0.05) is 0 Å². The summed E-state index contributed by atoms with van der Waals surface area (Å²) in [6.45, 7) is 4.52. The van der Waals surface area contributed by atoms with Crippen molar-refractivity contribution in [1.29, 1.82) is 5.26 Å². The number of fused-ring (bicyclic) bond motifs is 1. The Balaban J connectivity index is 1.65. The number of hydrogen-bond acceptors (Lipinski definition) is 1. The van der Waals surface area contributed by atoms with Gasteiger partial charge in [-0.1, -0.05) is 114 Å². The molecule has 3 rings (SSSR count). The lowest BCUT2D eigenvalue weighted by Crippen LogP contribution is -1.91. The quantitative estimate of drug-likeness (QED) is 0.229. The van der Waals surface area contributed by atoms with Crippen molar-refractivity contribution in [3.63, 3.8) is 0 Å². The molecule has 174 valence electrons. The van der Waals surface area contributed by atoms with Crippen LogP contribution in [0.3, 0.4) is 0 Å². The molecule has 1 nitrogen and oxygen atoms in total. The molecular formula is C32H41N. The molecule has 0 spiro atoms. The number of nitriles is 1. The van der Waals surface area contributed by atoms with E-state index < -0.39 is 0 Å². The van der Waals surface area contributed by atoms with E-state index in [4.69, 9.17) is 0 Å². The fraction of sp³-hybridized carbons (Fsp3) is 0.469. The highest BCUT2D eigenvalue weighted by Gasteiger charge is 2.08. The van der Waals surface area contributed by atoms with Gasteiger partial charge in [0.2, 0.25) is 0 Å². The van der Waals surface area contributed by atoms with Gasteiger partial charge in [0.1, 0.15) is 0 Å². The lowest BCUT2D eigenvalue weighted by atomic mass is 9.94. The van der Waals surface area contributed by atoms with Gasteiger partial charge in [0.05, 0.1) is 11.6 Å². The van der Waals surface area contributed by atoms with Crippen molar-refractivity contribution in [1.82, 2.24) is 0 Å². The lowest BCUT2D eigenvalue weighted by molar-refractivity contribution is 0.607. The van der Waals surface area contributed by atoms with Crippen LogP contribution in [0.15, 0.2) is 54.6 Å². The third-order valence-corrected chi connectivity index (χ3v) is 6.81. The van der Waals surface area contributed by atoms with Crippen LogP contribution in [-0.2, 0) is 12.8 Å². The number of rotatable bonds is 14. The molecule has 0 unspecified atom stereocenters. The van der Waals surface area contributed by atoms with Crippen molar-refractivity contribution >= 4 is 10.8 Å². The molecule has 0 N–H and O–H groups in total. The maximum atomic E-state index is 9.80. The summed E-state index contributed by atoms with van der Waals surface area (Å²) in [5.41, 5.74) is 5.70. The van der Waals surface area contributed by atoms with E-state index in [0.29, 0.717) is 0 Å². The number of aryl methyl sites for hydroxylation is 2. The Morgan fingerprint density at radius 3 is 1.79 bits per heavy atom. The molecule has 0 aliphatic heterocycles. The lowest BCUT2D eigenvalue weighted by Gasteiger charge is -2.10. The molecular weight excluding hydrogens is 398 g/mol. The van der Waals surface area contributed by atoms with Gasteiger partial charge in [-0.25, -0.2) is 0 Å². The van der Waals surface area contributed by atoms with Crippen molar-refractivity contribution in [3.05, 3.63) is 71.3 Å². The van der Waals surface area contributed by atoms with Crippen LogP contribution < -0.4 is 0 Å². The number of hydrogen-bond donors (Lipinski definition) is 0. The Kier molecular flexibility index (Phi) is 10.5. The molecule has 1 heteroatoms. The summed E-state index contributed by atoms with van der Waals surface area (Å²) < 4.78 is 0. The van der Waals surface area contributed by atoms with E-state index in [0.717, 1.165) is 23.1 Å². The first kappa shape index (κ1) is 25.0. The van der Waals surface area contributed by atoms with Crippen molar-refractivity contribution < 1.29 is 0 Å². The highest BCUT2D eigenvalue weighted by molar-refractivity contribution is 5.88. The van der Waals surface area contributed by atoms with E-state index in [2.05, 4.69) is 74.5 Å². The highest BCUT2D eigenvalue weighted by Crippen LogP contribution is 2.29. The average Bonchev–Trinajstić information content (AvgIpc) is 2.85. The molecule has 0 bridgehead atoms. The highest BCUT2D eigenvalue weighted by atomic mass is 14.2. The number of nitrogens with zero attached hydrogens (tertiary/aromatic N) is 1. The zero-order valence-corrected chi connectivity index (χ0v) is 20.8. The van der Waals surface area contributed by atoms with Gasteiger partial charge < -0.3 is 0 Å². The summed E-state index contributed by atoms with van der Waals surface area (Å²) >= 11 is 0. The summed E-state index contributed by atoms with van der Waals surface area (Å²) in [5.74, 6) is 0. The Hall–Kier alpha value is -2.59. The predicted octanol–water partition coefficient (Wildman–Crippen LogP) is 9.79. The van der Waals surface area contributed by atoms with Crippen molar-refractivity contribution in [3.8, 4) is 17.2 Å². The molecule has 0 saturated carbocycles. The summed E-state index contributed by atoms with van der Waals surface area (Å²) in [4.78, 5) is 0. The zero-order valence-electron chi connectivity index (χ0n) is 20.8. The Morgan fingerprint density at radius 2 is 1.12 bits per heavy atom. The minimum atomic E-state index is 0.792. The Labute approximate surface area is 201 Å². The topological polar surface area (TPSA) is 23.8 Å². The van der Waals surface area contributed by atoms with E-state index in [1.54, 1.807) is 0 Å². The summed E-state index contributed by atoms with van der Waals surface area (Å²) in [6.07, 6.45) is 16.7. The molecule has 0 aliphatic rings. The average molecular weight is 440 g/mol. The first-order valence-corrected chi connectivity index (χ1v) is 13.3. The Bertz CT molecular complexity index is 1040. The fourth-order valence-electron chi connectivity index (χ4n) is 4.75. The summed E-state index contributed by atoms with van der Waals surface area (Å²) in [5, 5.41) is 12.3. The van der Waals surface area contributed by atoms with Crippen molar-refractivity contribution in [2.75, 3.05) is 0 Å². The second kappa shape index (κ2) is 13.8. The van der Waals surface area contributed by atoms with Crippen LogP contribution in [0.25, 0.3) is 21.9 Å². The third-order valence-electron chi connectivity index (χ3n) is 6.81. The first-order chi connectivity index (χ1) is 16.2. The molecule has 3 aromatic rings. The van der Waals surface area contributed by atoms with Gasteiger partial charge in [-0.15, -0.1) is 0 Å². The maximum absolute atomic E-state index is 9.80. The van der Waals surface area contributed by atoms with Crippen LogP contribution in [0.1, 0.15) is 101 Å². The van der Waals surface area contributed by atoms with Gasteiger partial charge in [0.15, 0.2) is 0 Å². The van der Waals surface area contributed by atoms with Crippen LogP contribution >= 0.6 is 0 Å². The van der Waals surface area contributed by atoms with Gasteiger partial charge in [-0.2, -0.15) is 5.26 Å². The molecule has 0 amide bonds. The smallest absolute Gasteiger partial charge is 0.0998 e. The third kappa shape index (κ3) is 7.75. The van der Waals surface area contributed by atoms with E-state index in [1.807, 2.05) is 0 Å². The molecule has 0 atom stereocenters. The fourth-order valence-corrected chi connectivity index (χ4v) is 4.75. The van der Waals surface area contributed by atoms with E-state index in [1.165, 1.54) is 98.9 Å². The van der Waals surface area contributed by atoms with E-state index in [9.17, 15) is 5.26 Å².